The first-order valence-corrected chi connectivity index (χ1v) is 9.68. The molecular formula is C15H16ClN7O4S. The van der Waals surface area contributed by atoms with Crippen LogP contribution in [0.5, 0.6) is 0 Å². The zero-order valence-corrected chi connectivity index (χ0v) is 15.8. The van der Waals surface area contributed by atoms with Crippen LogP contribution in [-0.2, 0) is 9.84 Å². The normalized spacial score (nSPS) is 10.9. The molecule has 148 valence electrons. The molecular weight excluding hydrogens is 410 g/mol. The van der Waals surface area contributed by atoms with E-state index in [0.29, 0.717) is 11.4 Å². The lowest BCUT2D eigenvalue weighted by atomic mass is 10.2. The van der Waals surface area contributed by atoms with Crippen molar-refractivity contribution < 1.29 is 13.3 Å². The van der Waals surface area contributed by atoms with E-state index < -0.39 is 37.6 Å². The number of nitrogens with one attached hydrogen (secondary N) is 3. The lowest BCUT2D eigenvalue weighted by Gasteiger charge is -2.20. The predicted octanol–water partition coefficient (Wildman–Crippen LogP) is 1.90. The van der Waals surface area contributed by atoms with Gasteiger partial charge in [-0.05, 0) is 36.4 Å². The molecule has 13 heteroatoms. The van der Waals surface area contributed by atoms with Gasteiger partial charge in [-0.25, -0.2) is 8.42 Å². The van der Waals surface area contributed by atoms with Crippen molar-refractivity contribution >= 4 is 56.1 Å². The minimum Gasteiger partial charge on any atom is -0.369 e. The summed E-state index contributed by atoms with van der Waals surface area (Å²) in [5.74, 6) is -0.889. The Hall–Kier alpha value is -3.38. The van der Waals surface area contributed by atoms with Crippen LogP contribution in [0, 0.1) is 20.9 Å². The van der Waals surface area contributed by atoms with Gasteiger partial charge in [-0.3, -0.25) is 25.8 Å². The Labute approximate surface area is 165 Å². The maximum atomic E-state index is 11.8. The van der Waals surface area contributed by atoms with Crippen molar-refractivity contribution in [1.82, 2.24) is 0 Å². The summed E-state index contributed by atoms with van der Waals surface area (Å²) in [6.45, 7) is 0. The minimum absolute atomic E-state index is 0.0706. The highest BCUT2D eigenvalue weighted by Crippen LogP contribution is 2.31. The molecule has 0 aliphatic heterocycles. The number of nitrogens with two attached hydrogens (primary N) is 2. The number of hydrogen-bond donors (Lipinski definition) is 5. The molecule has 0 aliphatic rings. The SMILES string of the molecule is N=C(N)N(C(=N)N)c1ccc(Nc2ccc(S(=O)(=O)CCl)cc2[N+](=O)[O-])cc1. The second kappa shape index (κ2) is 8.10. The molecule has 0 unspecified atom stereocenters. The molecule has 0 saturated carbocycles. The van der Waals surface area contributed by atoms with E-state index in [1.165, 1.54) is 36.4 Å². The van der Waals surface area contributed by atoms with E-state index in [1.807, 2.05) is 0 Å². The zero-order valence-electron chi connectivity index (χ0n) is 14.2. The predicted molar refractivity (Wildman–Crippen MR) is 107 cm³/mol. The molecule has 7 N–H and O–H groups in total. The monoisotopic (exact) mass is 425 g/mol. The van der Waals surface area contributed by atoms with Crippen LogP contribution in [0.25, 0.3) is 0 Å². The number of nitrogens with zero attached hydrogens (tertiary/aromatic N) is 2. The van der Waals surface area contributed by atoms with Gasteiger partial charge in [-0.2, -0.15) is 0 Å². The van der Waals surface area contributed by atoms with Crippen LogP contribution in [0.2, 0.25) is 0 Å². The number of sulfone groups is 1. The summed E-state index contributed by atoms with van der Waals surface area (Å²) >= 11 is 5.39. The van der Waals surface area contributed by atoms with E-state index in [9.17, 15) is 18.5 Å². The summed E-state index contributed by atoms with van der Waals surface area (Å²) < 4.78 is 23.6. The molecule has 0 fully saturated rings. The van der Waals surface area contributed by atoms with Gasteiger partial charge in [-0.1, -0.05) is 0 Å². The highest BCUT2D eigenvalue weighted by molar-refractivity contribution is 7.92. The van der Waals surface area contributed by atoms with E-state index in [-0.39, 0.29) is 10.6 Å². The van der Waals surface area contributed by atoms with Gasteiger partial charge in [-0.15, -0.1) is 11.6 Å². The van der Waals surface area contributed by atoms with Crippen molar-refractivity contribution in [1.29, 1.82) is 10.8 Å². The van der Waals surface area contributed by atoms with E-state index in [4.69, 9.17) is 33.9 Å². The van der Waals surface area contributed by atoms with Crippen LogP contribution < -0.4 is 21.7 Å². The van der Waals surface area contributed by atoms with Crippen molar-refractivity contribution in [3.05, 3.63) is 52.6 Å². The molecule has 0 aliphatic carbocycles. The van der Waals surface area contributed by atoms with Gasteiger partial charge in [0.25, 0.3) is 5.69 Å². The summed E-state index contributed by atoms with van der Waals surface area (Å²) in [5, 5.41) is 28.3. The Bertz CT molecular complexity index is 1030. The second-order valence-electron chi connectivity index (χ2n) is 5.44. The molecule has 2 rings (SSSR count). The fourth-order valence-electron chi connectivity index (χ4n) is 2.28. The Kier molecular flexibility index (Phi) is 6.06. The lowest BCUT2D eigenvalue weighted by Crippen LogP contribution is -2.45. The van der Waals surface area contributed by atoms with Crippen molar-refractivity contribution in [3.63, 3.8) is 0 Å². The van der Waals surface area contributed by atoms with Crippen LogP contribution in [0.1, 0.15) is 0 Å². The van der Waals surface area contributed by atoms with Crippen LogP contribution in [0.15, 0.2) is 47.4 Å². The molecule has 0 heterocycles. The smallest absolute Gasteiger partial charge is 0.293 e. The quantitative estimate of drug-likeness (QED) is 0.152. The summed E-state index contributed by atoms with van der Waals surface area (Å²) in [4.78, 5) is 11.3. The Morgan fingerprint density at radius 1 is 1.14 bits per heavy atom. The van der Waals surface area contributed by atoms with Gasteiger partial charge in [0.2, 0.25) is 0 Å². The van der Waals surface area contributed by atoms with E-state index in [0.717, 1.165) is 11.0 Å². The van der Waals surface area contributed by atoms with Crippen LogP contribution in [-0.4, -0.2) is 30.5 Å². The summed E-state index contributed by atoms with van der Waals surface area (Å²) in [7, 11) is -3.81. The molecule has 0 bridgehead atoms. The van der Waals surface area contributed by atoms with Gasteiger partial charge in [0.15, 0.2) is 21.8 Å². The standard InChI is InChI=1S/C15H16ClN7O4S/c16-8-28(26,27)11-5-6-12(13(7-11)23(24)25)21-9-1-3-10(4-2-9)22(14(17)18)15(19)20/h1-7,21H,8H2,(H3,17,18)(H3,19,20). The first-order valence-electron chi connectivity index (χ1n) is 7.49. The van der Waals surface area contributed by atoms with Crippen LogP contribution in [0.3, 0.4) is 0 Å². The number of alkyl halides is 1. The highest BCUT2D eigenvalue weighted by Gasteiger charge is 2.21. The van der Waals surface area contributed by atoms with Gasteiger partial charge in [0.1, 0.15) is 10.9 Å². The molecule has 0 spiro atoms. The van der Waals surface area contributed by atoms with Crippen molar-refractivity contribution in [2.75, 3.05) is 15.4 Å². The number of benzene rings is 2. The Balaban J connectivity index is 2.36. The first kappa shape index (κ1) is 20.9. The topological polar surface area (TPSA) is 192 Å². The average molecular weight is 426 g/mol. The summed E-state index contributed by atoms with van der Waals surface area (Å²) in [6, 6.07) is 9.48. The highest BCUT2D eigenvalue weighted by atomic mass is 35.5. The number of halogens is 1. The van der Waals surface area contributed by atoms with Gasteiger partial charge >= 0.3 is 0 Å². The molecule has 0 radical (unpaired) electrons. The molecule has 11 nitrogen and oxygen atoms in total. The van der Waals surface area contributed by atoms with E-state index >= 15 is 0 Å². The lowest BCUT2D eigenvalue weighted by molar-refractivity contribution is -0.384. The average Bonchev–Trinajstić information content (AvgIpc) is 2.62. The molecule has 0 saturated heterocycles. The Morgan fingerprint density at radius 2 is 1.71 bits per heavy atom. The van der Waals surface area contributed by atoms with Crippen molar-refractivity contribution in [3.8, 4) is 0 Å². The number of hydrogen-bond acceptors (Lipinski definition) is 7. The molecule has 2 aromatic carbocycles. The van der Waals surface area contributed by atoms with Gasteiger partial charge < -0.3 is 16.8 Å². The molecule has 0 amide bonds. The second-order valence-corrected chi connectivity index (χ2v) is 8.01. The Morgan fingerprint density at radius 3 is 2.18 bits per heavy atom. The summed E-state index contributed by atoms with van der Waals surface area (Å²) in [6.07, 6.45) is 0. The third kappa shape index (κ3) is 4.47. The largest absolute Gasteiger partial charge is 0.369 e. The number of anilines is 3. The maximum absolute atomic E-state index is 11.8. The molecule has 28 heavy (non-hydrogen) atoms. The molecule has 2 aromatic rings. The third-order valence-corrected chi connectivity index (χ3v) is 5.68. The molecule has 0 aromatic heterocycles. The molecule has 0 atom stereocenters. The first-order chi connectivity index (χ1) is 13.1. The number of nitro benzene ring substituents is 1. The third-order valence-electron chi connectivity index (χ3n) is 3.55. The fourth-order valence-corrected chi connectivity index (χ4v) is 3.35. The number of nitro groups is 1. The van der Waals surface area contributed by atoms with Crippen LogP contribution in [0.4, 0.5) is 22.7 Å². The van der Waals surface area contributed by atoms with Crippen molar-refractivity contribution in [2.45, 2.75) is 4.90 Å². The van der Waals surface area contributed by atoms with E-state index in [1.54, 1.807) is 0 Å². The minimum atomic E-state index is -3.81. The number of guanidine groups is 2. The van der Waals surface area contributed by atoms with Crippen molar-refractivity contribution in [2.24, 2.45) is 11.5 Å². The van der Waals surface area contributed by atoms with Crippen LogP contribution >= 0.6 is 11.6 Å². The zero-order chi connectivity index (χ0) is 21.1. The maximum Gasteiger partial charge on any atom is 0.293 e. The summed E-state index contributed by atoms with van der Waals surface area (Å²) in [5.41, 5.74) is 11.2. The fraction of sp³-hybridized carbons (Fsp3) is 0.0667. The van der Waals surface area contributed by atoms with E-state index in [2.05, 4.69) is 5.32 Å². The van der Waals surface area contributed by atoms with Gasteiger partial charge in [0, 0.05) is 11.8 Å². The van der Waals surface area contributed by atoms with Gasteiger partial charge in [0.05, 0.1) is 15.5 Å². The number of rotatable bonds is 6.